The summed E-state index contributed by atoms with van der Waals surface area (Å²) in [4.78, 5) is 14.9. The van der Waals surface area contributed by atoms with Crippen LogP contribution in [0.15, 0.2) is 39.9 Å². The summed E-state index contributed by atoms with van der Waals surface area (Å²) in [7, 11) is 6.99. The Hall–Kier alpha value is -2.82. The first-order valence-corrected chi connectivity index (χ1v) is 10.6. The van der Waals surface area contributed by atoms with Crippen LogP contribution in [0.2, 0.25) is 0 Å². The molecular weight excluding hydrogens is 482 g/mol. The van der Waals surface area contributed by atoms with Crippen LogP contribution in [-0.2, 0) is 9.53 Å². The molecule has 0 spiro atoms. The van der Waals surface area contributed by atoms with Crippen molar-refractivity contribution in [1.82, 2.24) is 10.3 Å². The van der Waals surface area contributed by atoms with E-state index in [2.05, 4.69) is 26.5 Å². The summed E-state index contributed by atoms with van der Waals surface area (Å²) in [6.07, 6.45) is 0.641. The number of hydrogen-bond acceptors (Lipinski definition) is 8. The third-order valence-electron chi connectivity index (χ3n) is 4.62. The molecule has 3 rings (SSSR count). The minimum absolute atomic E-state index is 0.154. The molecule has 1 aliphatic heterocycles. The van der Waals surface area contributed by atoms with Crippen LogP contribution in [0.3, 0.4) is 0 Å². The fourth-order valence-corrected chi connectivity index (χ4v) is 3.50. The van der Waals surface area contributed by atoms with Gasteiger partial charge >= 0.3 is 0 Å². The van der Waals surface area contributed by atoms with Crippen LogP contribution >= 0.6 is 15.9 Å². The molecule has 1 amide bonds. The summed E-state index contributed by atoms with van der Waals surface area (Å²) >= 11 is 3.42. The van der Waals surface area contributed by atoms with Gasteiger partial charge in [0.05, 0.1) is 27.0 Å². The second-order valence-electron chi connectivity index (χ2n) is 7.14. The number of fused-ring (bicyclic) bond motifs is 1. The van der Waals surface area contributed by atoms with E-state index >= 15 is 0 Å². The molecule has 0 aliphatic carbocycles. The lowest BCUT2D eigenvalue weighted by Gasteiger charge is -2.18. The number of rotatable bonds is 10. The zero-order valence-electron chi connectivity index (χ0n) is 18.4. The first-order chi connectivity index (χ1) is 15.4. The maximum atomic E-state index is 12.9. The number of amides is 1. The lowest BCUT2D eigenvalue weighted by molar-refractivity contribution is -0.133. The van der Waals surface area contributed by atoms with E-state index in [0.717, 1.165) is 0 Å². The molecular formula is C22H26BrN3O6. The number of nitrogens with one attached hydrogen (secondary N) is 1. The number of carbonyl (C=O) groups excluding carboxylic acids is 1. The summed E-state index contributed by atoms with van der Waals surface area (Å²) in [5.74, 6) is 1.98. The van der Waals surface area contributed by atoms with Crippen molar-refractivity contribution in [3.63, 3.8) is 0 Å². The van der Waals surface area contributed by atoms with E-state index in [-0.39, 0.29) is 6.79 Å². The molecule has 172 valence electrons. The molecule has 32 heavy (non-hydrogen) atoms. The van der Waals surface area contributed by atoms with Gasteiger partial charge < -0.3 is 28.6 Å². The van der Waals surface area contributed by atoms with E-state index < -0.39 is 12.0 Å². The third kappa shape index (κ3) is 5.90. The molecule has 0 radical (unpaired) electrons. The molecule has 1 atom stereocenters. The zero-order valence-corrected chi connectivity index (χ0v) is 20.0. The predicted molar refractivity (Wildman–Crippen MR) is 123 cm³/mol. The zero-order chi connectivity index (χ0) is 23.1. The smallest absolute Gasteiger partial charge is 0.273 e. The fraction of sp³-hybridized carbons (Fsp3) is 0.364. The van der Waals surface area contributed by atoms with Gasteiger partial charge in [0.1, 0.15) is 16.0 Å². The summed E-state index contributed by atoms with van der Waals surface area (Å²) in [5, 5.41) is 4.09. The summed E-state index contributed by atoms with van der Waals surface area (Å²) in [6, 6.07) is 8.82. The topological polar surface area (TPSA) is 90.9 Å². The monoisotopic (exact) mass is 507 g/mol. The van der Waals surface area contributed by atoms with Gasteiger partial charge in [-0.1, -0.05) is 6.07 Å². The fourth-order valence-electron chi connectivity index (χ4n) is 2.95. The highest BCUT2D eigenvalue weighted by atomic mass is 79.9. The molecule has 9 nitrogen and oxygen atoms in total. The van der Waals surface area contributed by atoms with Gasteiger partial charge in [-0.15, -0.1) is 0 Å². The second-order valence-corrected chi connectivity index (χ2v) is 7.93. The molecule has 2 aromatic rings. The Balaban J connectivity index is 1.75. The van der Waals surface area contributed by atoms with Crippen LogP contribution in [0.5, 0.6) is 23.0 Å². The van der Waals surface area contributed by atoms with Crippen molar-refractivity contribution in [2.45, 2.75) is 6.10 Å². The van der Waals surface area contributed by atoms with Crippen LogP contribution < -0.4 is 24.4 Å². The molecule has 2 aromatic carbocycles. The van der Waals surface area contributed by atoms with Crippen molar-refractivity contribution in [1.29, 1.82) is 0 Å². The average Bonchev–Trinajstić information content (AvgIpc) is 3.25. The number of methoxy groups -OCH3 is 2. The van der Waals surface area contributed by atoms with E-state index in [1.807, 2.05) is 19.0 Å². The molecule has 0 bridgehead atoms. The standard InChI is InChI=1S/C22H26BrN3O6/c1-26(2)7-8-30-21(15-5-6-16-17(11-15)32-13-31-16)22(27)25-24-12-14-9-18(28-3)20(23)19(10-14)29-4/h5-6,9-12,21H,7-8,13H2,1-4H3,(H,25,27)/b24-12+. The van der Waals surface area contributed by atoms with Crippen molar-refractivity contribution in [2.75, 3.05) is 48.3 Å². The number of hydrazone groups is 1. The predicted octanol–water partition coefficient (Wildman–Crippen LogP) is 2.96. The van der Waals surface area contributed by atoms with Gasteiger partial charge in [-0.05, 0) is 59.9 Å². The van der Waals surface area contributed by atoms with Crippen LogP contribution in [-0.4, -0.2) is 65.3 Å². The van der Waals surface area contributed by atoms with Crippen molar-refractivity contribution in [3.8, 4) is 23.0 Å². The Morgan fingerprint density at radius 2 is 1.88 bits per heavy atom. The van der Waals surface area contributed by atoms with Crippen molar-refractivity contribution < 1.29 is 28.5 Å². The highest BCUT2D eigenvalue weighted by Gasteiger charge is 2.24. The number of carbonyl (C=O) groups is 1. The average molecular weight is 508 g/mol. The molecule has 0 saturated carbocycles. The van der Waals surface area contributed by atoms with Crippen LogP contribution in [0.4, 0.5) is 0 Å². The quantitative estimate of drug-likeness (QED) is 0.390. The summed E-state index contributed by atoms with van der Waals surface area (Å²) in [6.45, 7) is 1.18. The number of nitrogens with zero attached hydrogens (tertiary/aromatic N) is 2. The third-order valence-corrected chi connectivity index (χ3v) is 5.40. The molecule has 0 fully saturated rings. The van der Waals surface area contributed by atoms with E-state index in [4.69, 9.17) is 23.7 Å². The minimum atomic E-state index is -0.865. The Morgan fingerprint density at radius 1 is 1.19 bits per heavy atom. The van der Waals surface area contributed by atoms with Crippen molar-refractivity contribution in [3.05, 3.63) is 45.9 Å². The van der Waals surface area contributed by atoms with Gasteiger partial charge in [-0.2, -0.15) is 5.10 Å². The Bertz CT molecular complexity index is 957. The maximum absolute atomic E-state index is 12.9. The maximum Gasteiger partial charge on any atom is 0.273 e. The van der Waals surface area contributed by atoms with E-state index in [0.29, 0.717) is 51.7 Å². The first-order valence-electron chi connectivity index (χ1n) is 9.83. The normalized spacial score (nSPS) is 13.4. The Labute approximate surface area is 195 Å². The molecule has 0 aromatic heterocycles. The largest absolute Gasteiger partial charge is 0.495 e. The van der Waals surface area contributed by atoms with Crippen LogP contribution in [0, 0.1) is 0 Å². The van der Waals surface area contributed by atoms with Crippen LogP contribution in [0.25, 0.3) is 0 Å². The first kappa shape index (κ1) is 23.8. The van der Waals surface area contributed by atoms with Crippen LogP contribution in [0.1, 0.15) is 17.2 Å². The van der Waals surface area contributed by atoms with Gasteiger partial charge in [0.15, 0.2) is 17.6 Å². The van der Waals surface area contributed by atoms with Gasteiger partial charge in [-0.3, -0.25) is 4.79 Å². The van der Waals surface area contributed by atoms with Gasteiger partial charge in [0.25, 0.3) is 5.91 Å². The van der Waals surface area contributed by atoms with Crippen molar-refractivity contribution >= 4 is 28.1 Å². The van der Waals surface area contributed by atoms with Crippen molar-refractivity contribution in [2.24, 2.45) is 5.10 Å². The molecule has 10 heteroatoms. The van der Waals surface area contributed by atoms with E-state index in [9.17, 15) is 4.79 Å². The van der Waals surface area contributed by atoms with Gasteiger partial charge in [-0.25, -0.2) is 5.43 Å². The molecule has 0 saturated heterocycles. The number of ether oxygens (including phenoxy) is 5. The number of halogens is 1. The molecule has 1 N–H and O–H groups in total. The lowest BCUT2D eigenvalue weighted by Crippen LogP contribution is -2.29. The molecule has 1 heterocycles. The Kier molecular flexibility index (Phi) is 8.32. The summed E-state index contributed by atoms with van der Waals surface area (Å²) < 4.78 is 28.0. The minimum Gasteiger partial charge on any atom is -0.495 e. The highest BCUT2D eigenvalue weighted by Crippen LogP contribution is 2.36. The highest BCUT2D eigenvalue weighted by molar-refractivity contribution is 9.10. The van der Waals surface area contributed by atoms with Gasteiger partial charge in [0, 0.05) is 12.1 Å². The lowest BCUT2D eigenvalue weighted by atomic mass is 10.1. The molecule has 1 aliphatic rings. The Morgan fingerprint density at radius 3 is 2.53 bits per heavy atom. The van der Waals surface area contributed by atoms with Gasteiger partial charge in [0.2, 0.25) is 6.79 Å². The SMILES string of the molecule is COc1cc(/C=N/NC(=O)C(OCCN(C)C)c2ccc3c(c2)OCO3)cc(OC)c1Br. The number of benzene rings is 2. The second kappa shape index (κ2) is 11.2. The van der Waals surface area contributed by atoms with E-state index in [1.54, 1.807) is 44.6 Å². The summed E-state index contributed by atoms with van der Waals surface area (Å²) in [5.41, 5.74) is 3.89. The molecule has 1 unspecified atom stereocenters. The number of hydrogen-bond donors (Lipinski definition) is 1. The van der Waals surface area contributed by atoms with E-state index in [1.165, 1.54) is 6.21 Å². The number of likely N-dealkylation sites (N-methyl/N-ethyl adjacent to an activating group) is 1.